The van der Waals surface area contributed by atoms with E-state index in [2.05, 4.69) is 20.6 Å². The van der Waals surface area contributed by atoms with Crippen LogP contribution in [0, 0.1) is 22.9 Å². The molecule has 1 heterocycles. The smallest absolute Gasteiger partial charge is 0.353 e. The number of rotatable bonds is 6. The van der Waals surface area contributed by atoms with Crippen LogP contribution in [0.4, 0.5) is 27.4 Å². The van der Waals surface area contributed by atoms with Gasteiger partial charge >= 0.3 is 5.69 Å². The highest BCUT2D eigenvalue weighted by atomic mass is 19.1. The fourth-order valence-corrected chi connectivity index (χ4v) is 2.42. The third-order valence-corrected chi connectivity index (χ3v) is 3.66. The second-order valence-electron chi connectivity index (χ2n) is 5.65. The van der Waals surface area contributed by atoms with Crippen LogP contribution in [0.2, 0.25) is 0 Å². The summed E-state index contributed by atoms with van der Waals surface area (Å²) in [5, 5.41) is 17.4. The maximum absolute atomic E-state index is 13.0. The van der Waals surface area contributed by atoms with Crippen molar-refractivity contribution in [3.05, 3.63) is 81.9 Å². The van der Waals surface area contributed by atoms with Gasteiger partial charge in [-0.2, -0.15) is 0 Å². The Kier molecular flexibility index (Phi) is 5.02. The van der Waals surface area contributed by atoms with Gasteiger partial charge in [0.05, 0.1) is 4.92 Å². The van der Waals surface area contributed by atoms with Gasteiger partial charge in [-0.3, -0.25) is 10.1 Å². The summed E-state index contributed by atoms with van der Waals surface area (Å²) < 4.78 is 13.0. The predicted octanol–water partition coefficient (Wildman–Crippen LogP) is 4.19. The van der Waals surface area contributed by atoms with Crippen molar-refractivity contribution in [3.63, 3.8) is 0 Å². The number of hydrogen-bond donors (Lipinski definition) is 2. The Morgan fingerprint density at radius 1 is 1.12 bits per heavy atom. The highest BCUT2D eigenvalue weighted by molar-refractivity contribution is 5.73. The van der Waals surface area contributed by atoms with Crippen LogP contribution in [0.5, 0.6) is 0 Å². The molecule has 0 saturated heterocycles. The Morgan fingerprint density at radius 2 is 1.85 bits per heavy atom. The first-order valence-electron chi connectivity index (χ1n) is 7.84. The number of anilines is 3. The lowest BCUT2D eigenvalue weighted by Gasteiger charge is -2.10. The molecule has 0 radical (unpaired) electrons. The van der Waals surface area contributed by atoms with Gasteiger partial charge in [-0.25, -0.2) is 14.4 Å². The van der Waals surface area contributed by atoms with Crippen molar-refractivity contribution in [3.8, 4) is 0 Å². The van der Waals surface area contributed by atoms with Gasteiger partial charge in [-0.1, -0.05) is 24.3 Å². The Labute approximate surface area is 149 Å². The second kappa shape index (κ2) is 7.56. The first kappa shape index (κ1) is 17.3. The van der Waals surface area contributed by atoms with Crippen molar-refractivity contribution >= 4 is 23.0 Å². The lowest BCUT2D eigenvalue weighted by molar-refractivity contribution is -0.383. The summed E-state index contributed by atoms with van der Waals surface area (Å²) in [6, 6.07) is 13.3. The molecule has 0 amide bonds. The monoisotopic (exact) mass is 353 g/mol. The number of aromatic nitrogens is 2. The first-order valence-corrected chi connectivity index (χ1v) is 7.84. The van der Waals surface area contributed by atoms with Crippen LogP contribution in [0.15, 0.2) is 54.9 Å². The molecule has 0 saturated carbocycles. The minimum atomic E-state index is -0.537. The molecule has 8 heteroatoms. The summed E-state index contributed by atoms with van der Waals surface area (Å²) in [7, 11) is 0. The molecule has 2 N–H and O–H groups in total. The Bertz CT molecular complexity index is 931. The van der Waals surface area contributed by atoms with Crippen molar-refractivity contribution in [2.75, 3.05) is 10.6 Å². The van der Waals surface area contributed by atoms with E-state index in [-0.39, 0.29) is 29.7 Å². The topological polar surface area (TPSA) is 93.0 Å². The molecule has 0 aliphatic rings. The predicted molar refractivity (Wildman–Crippen MR) is 96.9 cm³/mol. The molecule has 7 nitrogen and oxygen atoms in total. The van der Waals surface area contributed by atoms with Gasteiger partial charge in [-0.15, -0.1) is 0 Å². The van der Waals surface area contributed by atoms with Gasteiger partial charge in [0.15, 0.2) is 0 Å². The van der Waals surface area contributed by atoms with Crippen LogP contribution in [0.1, 0.15) is 11.1 Å². The number of benzene rings is 2. The number of nitrogens with one attached hydrogen (secondary N) is 2. The molecule has 3 aromatic rings. The van der Waals surface area contributed by atoms with Crippen molar-refractivity contribution in [2.45, 2.75) is 13.5 Å². The fourth-order valence-electron chi connectivity index (χ4n) is 2.42. The van der Waals surface area contributed by atoms with Gasteiger partial charge in [0.1, 0.15) is 12.1 Å². The Balaban J connectivity index is 1.85. The SMILES string of the molecule is Cc1cccc(Nc2ncnc(NCc3ccc(F)cc3)c2[N+](=O)[O-])c1. The van der Waals surface area contributed by atoms with E-state index < -0.39 is 4.92 Å². The maximum atomic E-state index is 13.0. The van der Waals surface area contributed by atoms with Gasteiger partial charge in [0.25, 0.3) is 0 Å². The molecule has 0 spiro atoms. The van der Waals surface area contributed by atoms with E-state index in [0.717, 1.165) is 11.1 Å². The maximum Gasteiger partial charge on any atom is 0.353 e. The van der Waals surface area contributed by atoms with E-state index in [1.165, 1.54) is 18.5 Å². The van der Waals surface area contributed by atoms with Crippen LogP contribution in [0.3, 0.4) is 0 Å². The molecule has 3 rings (SSSR count). The summed E-state index contributed by atoms with van der Waals surface area (Å²) >= 11 is 0. The Hall–Kier alpha value is -3.55. The largest absolute Gasteiger partial charge is 0.360 e. The molecule has 26 heavy (non-hydrogen) atoms. The van der Waals surface area contributed by atoms with E-state index in [1.54, 1.807) is 18.2 Å². The zero-order chi connectivity index (χ0) is 18.5. The zero-order valence-electron chi connectivity index (χ0n) is 13.9. The molecule has 0 aliphatic carbocycles. The summed E-state index contributed by atoms with van der Waals surface area (Å²) in [5.41, 5.74) is 2.22. The molecule has 132 valence electrons. The fraction of sp³-hybridized carbons (Fsp3) is 0.111. The van der Waals surface area contributed by atoms with E-state index in [9.17, 15) is 14.5 Å². The number of hydrogen-bond acceptors (Lipinski definition) is 6. The van der Waals surface area contributed by atoms with E-state index >= 15 is 0 Å². The number of aryl methyl sites for hydroxylation is 1. The lowest BCUT2D eigenvalue weighted by Crippen LogP contribution is -2.08. The van der Waals surface area contributed by atoms with Gasteiger partial charge in [0.2, 0.25) is 11.6 Å². The molecule has 0 atom stereocenters. The standard InChI is InChI=1S/C18H16FN5O2/c1-12-3-2-4-15(9-12)23-18-16(24(25)26)17(21-11-22-18)20-10-13-5-7-14(19)8-6-13/h2-9,11H,10H2,1H3,(H2,20,21,22,23). The van der Waals surface area contributed by atoms with Crippen LogP contribution in [0.25, 0.3) is 0 Å². The van der Waals surface area contributed by atoms with Crippen molar-refractivity contribution in [1.82, 2.24) is 9.97 Å². The Morgan fingerprint density at radius 3 is 2.54 bits per heavy atom. The van der Waals surface area contributed by atoms with E-state index in [1.807, 2.05) is 25.1 Å². The summed E-state index contributed by atoms with van der Waals surface area (Å²) in [6.45, 7) is 2.19. The zero-order valence-corrected chi connectivity index (χ0v) is 13.9. The average Bonchev–Trinajstić information content (AvgIpc) is 2.61. The number of halogens is 1. The highest BCUT2D eigenvalue weighted by Gasteiger charge is 2.23. The third kappa shape index (κ3) is 4.10. The van der Waals surface area contributed by atoms with Crippen molar-refractivity contribution in [1.29, 1.82) is 0 Å². The molecular weight excluding hydrogens is 337 g/mol. The van der Waals surface area contributed by atoms with E-state index in [4.69, 9.17) is 0 Å². The number of nitrogens with zero attached hydrogens (tertiary/aromatic N) is 3. The highest BCUT2D eigenvalue weighted by Crippen LogP contribution is 2.31. The summed E-state index contributed by atoms with van der Waals surface area (Å²) in [5.74, 6) is -0.159. The van der Waals surface area contributed by atoms with Crippen molar-refractivity contribution in [2.24, 2.45) is 0 Å². The normalized spacial score (nSPS) is 10.4. The van der Waals surface area contributed by atoms with Gasteiger partial charge in [-0.05, 0) is 42.3 Å². The third-order valence-electron chi connectivity index (χ3n) is 3.66. The molecule has 0 fully saturated rings. The minimum Gasteiger partial charge on any atom is -0.360 e. The molecule has 1 aromatic heterocycles. The van der Waals surface area contributed by atoms with Crippen LogP contribution >= 0.6 is 0 Å². The van der Waals surface area contributed by atoms with Gasteiger partial charge in [0, 0.05) is 12.2 Å². The molecule has 0 aliphatic heterocycles. The average molecular weight is 353 g/mol. The molecule has 0 unspecified atom stereocenters. The summed E-state index contributed by atoms with van der Waals surface area (Å²) in [6.07, 6.45) is 1.25. The molecular formula is C18H16FN5O2. The lowest BCUT2D eigenvalue weighted by atomic mass is 10.2. The number of nitro groups is 1. The molecule has 0 bridgehead atoms. The van der Waals surface area contributed by atoms with E-state index in [0.29, 0.717) is 5.69 Å². The van der Waals surface area contributed by atoms with Gasteiger partial charge < -0.3 is 10.6 Å². The first-order chi connectivity index (χ1) is 12.5. The van der Waals surface area contributed by atoms with Crippen LogP contribution in [-0.4, -0.2) is 14.9 Å². The molecule has 2 aromatic carbocycles. The van der Waals surface area contributed by atoms with Crippen LogP contribution < -0.4 is 10.6 Å². The summed E-state index contributed by atoms with van der Waals surface area (Å²) in [4.78, 5) is 19.0. The van der Waals surface area contributed by atoms with Crippen molar-refractivity contribution < 1.29 is 9.31 Å². The minimum absolute atomic E-state index is 0.0875. The second-order valence-corrected chi connectivity index (χ2v) is 5.65. The quantitative estimate of drug-likeness (QED) is 0.510. The van der Waals surface area contributed by atoms with Crippen LogP contribution in [-0.2, 0) is 6.54 Å².